The molecule has 3 heterocycles. The first kappa shape index (κ1) is 22.3. The quantitative estimate of drug-likeness (QED) is 0.498. The molecule has 0 radical (unpaired) electrons. The van der Waals surface area contributed by atoms with Crippen LogP contribution in [-0.2, 0) is 4.74 Å². The van der Waals surface area contributed by atoms with Crippen LogP contribution in [0.25, 0.3) is 11.0 Å². The highest BCUT2D eigenvalue weighted by atomic mass is 19.1. The third kappa shape index (κ3) is 4.51. The van der Waals surface area contributed by atoms with Crippen LogP contribution in [0.15, 0.2) is 18.3 Å². The SMILES string of the molecule is CCCNc1nc(Nc2cc(F)c(C(=O)N3CCOCC3)cc2OC)nc2[nH]cc(C#N)c12. The molecule has 0 atom stereocenters. The summed E-state index contributed by atoms with van der Waals surface area (Å²) in [5.74, 6) is -0.172. The highest BCUT2D eigenvalue weighted by molar-refractivity contribution is 5.96. The van der Waals surface area contributed by atoms with Gasteiger partial charge in [-0.2, -0.15) is 15.2 Å². The van der Waals surface area contributed by atoms with Crippen molar-refractivity contribution in [2.45, 2.75) is 13.3 Å². The van der Waals surface area contributed by atoms with Crippen LogP contribution in [0.5, 0.6) is 5.75 Å². The molecule has 1 fully saturated rings. The number of methoxy groups -OCH3 is 1. The molecule has 172 valence electrons. The minimum atomic E-state index is -0.688. The molecule has 0 saturated carbocycles. The first-order valence-electron chi connectivity index (χ1n) is 10.6. The van der Waals surface area contributed by atoms with Crippen LogP contribution in [0.2, 0.25) is 0 Å². The summed E-state index contributed by atoms with van der Waals surface area (Å²) in [6, 6.07) is 4.68. The van der Waals surface area contributed by atoms with Crippen molar-refractivity contribution in [2.75, 3.05) is 50.6 Å². The van der Waals surface area contributed by atoms with Crippen molar-refractivity contribution in [3.8, 4) is 11.8 Å². The number of aromatic amines is 1. The first-order chi connectivity index (χ1) is 16.0. The minimum Gasteiger partial charge on any atom is -0.495 e. The molecule has 0 aliphatic carbocycles. The largest absolute Gasteiger partial charge is 0.495 e. The van der Waals surface area contributed by atoms with E-state index in [0.717, 1.165) is 6.42 Å². The van der Waals surface area contributed by atoms with Gasteiger partial charge in [-0.1, -0.05) is 6.92 Å². The molecule has 33 heavy (non-hydrogen) atoms. The van der Waals surface area contributed by atoms with Gasteiger partial charge in [0.1, 0.15) is 29.1 Å². The van der Waals surface area contributed by atoms with Crippen LogP contribution < -0.4 is 15.4 Å². The number of nitrogens with zero attached hydrogens (tertiary/aromatic N) is 4. The summed E-state index contributed by atoms with van der Waals surface area (Å²) in [7, 11) is 1.43. The number of H-pyrrole nitrogens is 1. The summed E-state index contributed by atoms with van der Waals surface area (Å²) in [4.78, 5) is 26.2. The smallest absolute Gasteiger partial charge is 0.257 e. The second-order valence-electron chi connectivity index (χ2n) is 7.42. The topological polar surface area (TPSA) is 128 Å². The lowest BCUT2D eigenvalue weighted by Crippen LogP contribution is -2.41. The first-order valence-corrected chi connectivity index (χ1v) is 10.6. The summed E-state index contributed by atoms with van der Waals surface area (Å²) in [5.41, 5.74) is 1.07. The number of rotatable bonds is 7. The van der Waals surface area contributed by atoms with Gasteiger partial charge in [-0.25, -0.2) is 4.39 Å². The lowest BCUT2D eigenvalue weighted by Gasteiger charge is -2.27. The Morgan fingerprint density at radius 3 is 2.85 bits per heavy atom. The van der Waals surface area contributed by atoms with E-state index < -0.39 is 11.7 Å². The van der Waals surface area contributed by atoms with Crippen LogP contribution in [-0.4, -0.2) is 65.7 Å². The fourth-order valence-electron chi connectivity index (χ4n) is 3.59. The maximum Gasteiger partial charge on any atom is 0.257 e. The van der Waals surface area contributed by atoms with E-state index in [1.165, 1.54) is 19.2 Å². The van der Waals surface area contributed by atoms with Crippen LogP contribution in [0.3, 0.4) is 0 Å². The number of hydrogen-bond donors (Lipinski definition) is 3. The summed E-state index contributed by atoms with van der Waals surface area (Å²) in [6.45, 7) is 4.32. The number of carbonyl (C=O) groups is 1. The summed E-state index contributed by atoms with van der Waals surface area (Å²) in [5, 5.41) is 16.1. The predicted octanol–water partition coefficient (Wildman–Crippen LogP) is 3.02. The summed E-state index contributed by atoms with van der Waals surface area (Å²) < 4.78 is 25.6. The highest BCUT2D eigenvalue weighted by Gasteiger charge is 2.24. The number of ether oxygens (including phenoxy) is 2. The fraction of sp³-hybridized carbons (Fsp3) is 0.364. The van der Waals surface area contributed by atoms with Crippen molar-refractivity contribution < 1.29 is 18.7 Å². The van der Waals surface area contributed by atoms with Crippen molar-refractivity contribution >= 4 is 34.4 Å². The van der Waals surface area contributed by atoms with Gasteiger partial charge in [0.25, 0.3) is 5.91 Å². The lowest BCUT2D eigenvalue weighted by atomic mass is 10.1. The molecule has 1 aromatic carbocycles. The van der Waals surface area contributed by atoms with Crippen LogP contribution in [0, 0.1) is 17.1 Å². The number of hydrogen-bond acceptors (Lipinski definition) is 8. The zero-order chi connectivity index (χ0) is 23.4. The molecular weight excluding hydrogens is 429 g/mol. The van der Waals surface area contributed by atoms with E-state index in [1.54, 1.807) is 11.1 Å². The van der Waals surface area contributed by atoms with Gasteiger partial charge in [-0.3, -0.25) is 4.79 Å². The molecule has 1 amide bonds. The normalized spacial score (nSPS) is 13.6. The third-order valence-electron chi connectivity index (χ3n) is 5.26. The highest BCUT2D eigenvalue weighted by Crippen LogP contribution is 2.32. The number of aromatic nitrogens is 3. The molecular formula is C22H24FN7O3. The van der Waals surface area contributed by atoms with Crippen molar-refractivity contribution in [3.05, 3.63) is 35.3 Å². The van der Waals surface area contributed by atoms with Crippen LogP contribution in [0.4, 0.5) is 21.8 Å². The van der Waals surface area contributed by atoms with E-state index in [4.69, 9.17) is 9.47 Å². The second-order valence-corrected chi connectivity index (χ2v) is 7.42. The van der Waals surface area contributed by atoms with Gasteiger partial charge in [0.2, 0.25) is 5.95 Å². The van der Waals surface area contributed by atoms with E-state index in [9.17, 15) is 14.4 Å². The van der Waals surface area contributed by atoms with E-state index in [0.29, 0.717) is 55.3 Å². The third-order valence-corrected chi connectivity index (χ3v) is 5.26. The van der Waals surface area contributed by atoms with Gasteiger partial charge < -0.3 is 30.0 Å². The van der Waals surface area contributed by atoms with Crippen molar-refractivity contribution in [3.63, 3.8) is 0 Å². The molecule has 1 saturated heterocycles. The number of nitrogens with one attached hydrogen (secondary N) is 3. The van der Waals surface area contributed by atoms with Gasteiger partial charge in [0.05, 0.1) is 42.5 Å². The second kappa shape index (κ2) is 9.70. The molecule has 3 N–H and O–H groups in total. The van der Waals surface area contributed by atoms with Gasteiger partial charge in [0.15, 0.2) is 0 Å². The molecule has 1 aliphatic rings. The number of anilines is 3. The number of nitriles is 1. The number of benzene rings is 1. The zero-order valence-corrected chi connectivity index (χ0v) is 18.4. The maximum absolute atomic E-state index is 15.0. The molecule has 0 spiro atoms. The number of carbonyl (C=O) groups excluding carboxylic acids is 1. The maximum atomic E-state index is 15.0. The Morgan fingerprint density at radius 2 is 2.15 bits per heavy atom. The van der Waals surface area contributed by atoms with E-state index in [2.05, 4.69) is 31.7 Å². The molecule has 11 heteroatoms. The van der Waals surface area contributed by atoms with Crippen molar-refractivity contribution in [2.24, 2.45) is 0 Å². The minimum absolute atomic E-state index is 0.0796. The average Bonchev–Trinajstić information content (AvgIpc) is 3.26. The van der Waals surface area contributed by atoms with E-state index in [1.807, 2.05) is 6.92 Å². The Balaban J connectivity index is 1.68. The summed E-state index contributed by atoms with van der Waals surface area (Å²) in [6.07, 6.45) is 2.42. The standard InChI is InChI=1S/C22H24FN7O3/c1-3-4-25-19-18-13(11-24)12-26-20(18)29-22(28-19)27-16-10-15(23)14(9-17(16)32-2)21(31)30-5-7-33-8-6-30/h9-10,12H,3-8H2,1-2H3,(H3,25,26,27,28,29). The fourth-order valence-corrected chi connectivity index (χ4v) is 3.59. The number of amides is 1. The number of halogens is 1. The molecule has 10 nitrogen and oxygen atoms in total. The van der Waals surface area contributed by atoms with E-state index in [-0.39, 0.29) is 22.9 Å². The van der Waals surface area contributed by atoms with Gasteiger partial charge in [-0.05, 0) is 12.5 Å². The van der Waals surface area contributed by atoms with Crippen LogP contribution in [0.1, 0.15) is 29.3 Å². The monoisotopic (exact) mass is 453 g/mol. The Kier molecular flexibility index (Phi) is 6.55. The van der Waals surface area contributed by atoms with E-state index >= 15 is 0 Å². The lowest BCUT2D eigenvalue weighted by molar-refractivity contribution is 0.0299. The Morgan fingerprint density at radius 1 is 1.36 bits per heavy atom. The average molecular weight is 453 g/mol. The van der Waals surface area contributed by atoms with Crippen LogP contribution >= 0.6 is 0 Å². The Bertz CT molecular complexity index is 1210. The molecule has 4 rings (SSSR count). The predicted molar refractivity (Wildman–Crippen MR) is 120 cm³/mol. The Hall–Kier alpha value is -3.91. The molecule has 0 bridgehead atoms. The van der Waals surface area contributed by atoms with Gasteiger partial charge >= 0.3 is 0 Å². The summed E-state index contributed by atoms with van der Waals surface area (Å²) >= 11 is 0. The van der Waals surface area contributed by atoms with Crippen molar-refractivity contribution in [1.82, 2.24) is 19.9 Å². The Labute approximate surface area is 189 Å². The number of fused-ring (bicyclic) bond motifs is 1. The molecule has 2 aromatic heterocycles. The molecule has 0 unspecified atom stereocenters. The van der Waals surface area contributed by atoms with Gasteiger partial charge in [-0.15, -0.1) is 0 Å². The molecule has 3 aromatic rings. The van der Waals surface area contributed by atoms with Gasteiger partial charge in [0, 0.05) is 31.9 Å². The number of morpholine rings is 1. The van der Waals surface area contributed by atoms with Crippen molar-refractivity contribution in [1.29, 1.82) is 5.26 Å². The molecule has 1 aliphatic heterocycles. The zero-order valence-electron chi connectivity index (χ0n) is 18.4.